The predicted octanol–water partition coefficient (Wildman–Crippen LogP) is 2.05. The van der Waals surface area contributed by atoms with Gasteiger partial charge in [-0.25, -0.2) is 0 Å². The summed E-state index contributed by atoms with van der Waals surface area (Å²) in [6.07, 6.45) is 0. The fourth-order valence-electron chi connectivity index (χ4n) is 1.50. The summed E-state index contributed by atoms with van der Waals surface area (Å²) in [6.45, 7) is 1.91. The molecule has 0 radical (unpaired) electrons. The normalized spacial score (nSPS) is 10.0. The largest absolute Gasteiger partial charge is 0.496 e. The standard InChI is InChI=1S/C12H16O4/c1-8(13)10-6-11(15-3)9(7-14-2)5-12(10)16-4/h5-6H,7H2,1-4H3. The van der Waals surface area contributed by atoms with Gasteiger partial charge in [-0.15, -0.1) is 0 Å². The van der Waals surface area contributed by atoms with Gasteiger partial charge in [0.25, 0.3) is 0 Å². The smallest absolute Gasteiger partial charge is 0.163 e. The highest BCUT2D eigenvalue weighted by Gasteiger charge is 2.13. The van der Waals surface area contributed by atoms with Crippen molar-refractivity contribution < 1.29 is 19.0 Å². The molecule has 0 saturated heterocycles. The molecule has 4 nitrogen and oxygen atoms in total. The van der Waals surface area contributed by atoms with E-state index in [1.165, 1.54) is 14.0 Å². The van der Waals surface area contributed by atoms with E-state index in [1.807, 2.05) is 0 Å². The van der Waals surface area contributed by atoms with Crippen LogP contribution in [0.4, 0.5) is 0 Å². The van der Waals surface area contributed by atoms with E-state index in [0.29, 0.717) is 23.7 Å². The summed E-state index contributed by atoms with van der Waals surface area (Å²) in [5, 5.41) is 0. The third-order valence-corrected chi connectivity index (χ3v) is 2.28. The van der Waals surface area contributed by atoms with Gasteiger partial charge < -0.3 is 14.2 Å². The Balaban J connectivity index is 3.28. The quantitative estimate of drug-likeness (QED) is 0.718. The van der Waals surface area contributed by atoms with Crippen molar-refractivity contribution in [2.45, 2.75) is 13.5 Å². The maximum atomic E-state index is 11.4. The van der Waals surface area contributed by atoms with Gasteiger partial charge >= 0.3 is 0 Å². The van der Waals surface area contributed by atoms with E-state index in [1.54, 1.807) is 26.4 Å². The number of Topliss-reactive ketones (excluding diaryl/α,β-unsaturated/α-hetero) is 1. The van der Waals surface area contributed by atoms with Crippen molar-refractivity contribution in [2.24, 2.45) is 0 Å². The van der Waals surface area contributed by atoms with Crippen molar-refractivity contribution in [3.05, 3.63) is 23.3 Å². The fraction of sp³-hybridized carbons (Fsp3) is 0.417. The van der Waals surface area contributed by atoms with E-state index >= 15 is 0 Å². The molecule has 0 heterocycles. The van der Waals surface area contributed by atoms with E-state index in [2.05, 4.69) is 0 Å². The van der Waals surface area contributed by atoms with Crippen LogP contribution >= 0.6 is 0 Å². The van der Waals surface area contributed by atoms with Crippen LogP contribution in [-0.2, 0) is 11.3 Å². The number of carbonyl (C=O) groups is 1. The van der Waals surface area contributed by atoms with Gasteiger partial charge in [-0.2, -0.15) is 0 Å². The van der Waals surface area contributed by atoms with Crippen molar-refractivity contribution in [3.8, 4) is 11.5 Å². The minimum absolute atomic E-state index is 0.0564. The van der Waals surface area contributed by atoms with Gasteiger partial charge in [0.05, 0.1) is 26.4 Å². The highest BCUT2D eigenvalue weighted by molar-refractivity contribution is 5.97. The summed E-state index contributed by atoms with van der Waals surface area (Å²) in [4.78, 5) is 11.4. The molecule has 0 saturated carbocycles. The number of benzene rings is 1. The molecule has 88 valence electrons. The molecule has 0 bridgehead atoms. The molecule has 0 N–H and O–H groups in total. The zero-order chi connectivity index (χ0) is 12.1. The summed E-state index contributed by atoms with van der Waals surface area (Å²) in [6, 6.07) is 3.44. The van der Waals surface area contributed by atoms with Gasteiger partial charge in [-0.05, 0) is 19.1 Å². The molecule has 1 aromatic rings. The first-order valence-electron chi connectivity index (χ1n) is 4.88. The number of ether oxygens (including phenoxy) is 3. The van der Waals surface area contributed by atoms with E-state index in [9.17, 15) is 4.79 Å². The van der Waals surface area contributed by atoms with Crippen LogP contribution in [0, 0.1) is 0 Å². The molecule has 0 spiro atoms. The van der Waals surface area contributed by atoms with Crippen molar-refractivity contribution in [2.75, 3.05) is 21.3 Å². The van der Waals surface area contributed by atoms with Gasteiger partial charge in [-0.1, -0.05) is 0 Å². The summed E-state index contributed by atoms with van der Waals surface area (Å²) >= 11 is 0. The Hall–Kier alpha value is -1.55. The number of methoxy groups -OCH3 is 3. The summed E-state index contributed by atoms with van der Waals surface area (Å²) in [7, 11) is 4.69. The monoisotopic (exact) mass is 224 g/mol. The van der Waals surface area contributed by atoms with E-state index in [0.717, 1.165) is 5.56 Å². The zero-order valence-electron chi connectivity index (χ0n) is 9.99. The van der Waals surface area contributed by atoms with Crippen molar-refractivity contribution >= 4 is 5.78 Å². The molecule has 16 heavy (non-hydrogen) atoms. The summed E-state index contributed by atoms with van der Waals surface area (Å²) in [5.41, 5.74) is 1.37. The van der Waals surface area contributed by atoms with E-state index in [4.69, 9.17) is 14.2 Å². The molecule has 0 aliphatic carbocycles. The van der Waals surface area contributed by atoms with Crippen LogP contribution in [0.3, 0.4) is 0 Å². The number of hydrogen-bond acceptors (Lipinski definition) is 4. The Morgan fingerprint density at radius 1 is 1.12 bits per heavy atom. The molecule has 0 unspecified atom stereocenters. The fourth-order valence-corrected chi connectivity index (χ4v) is 1.50. The lowest BCUT2D eigenvalue weighted by molar-refractivity contribution is 0.101. The topological polar surface area (TPSA) is 44.8 Å². The molecule has 1 aromatic carbocycles. The minimum Gasteiger partial charge on any atom is -0.496 e. The molecule has 0 atom stereocenters. The first-order chi connectivity index (χ1) is 7.63. The lowest BCUT2D eigenvalue weighted by atomic mass is 10.1. The van der Waals surface area contributed by atoms with Crippen LogP contribution in [0.15, 0.2) is 12.1 Å². The minimum atomic E-state index is -0.0564. The van der Waals surface area contributed by atoms with Gasteiger partial charge in [0.15, 0.2) is 5.78 Å². The van der Waals surface area contributed by atoms with Crippen molar-refractivity contribution in [3.63, 3.8) is 0 Å². The Labute approximate surface area is 95.1 Å². The predicted molar refractivity (Wildman–Crippen MR) is 60.3 cm³/mol. The molecule has 0 aliphatic heterocycles. The average Bonchev–Trinajstić information content (AvgIpc) is 2.28. The number of carbonyl (C=O) groups excluding carboxylic acids is 1. The second-order valence-corrected chi connectivity index (χ2v) is 3.35. The van der Waals surface area contributed by atoms with Gasteiger partial charge in [0.2, 0.25) is 0 Å². The Morgan fingerprint density at radius 3 is 2.19 bits per heavy atom. The second-order valence-electron chi connectivity index (χ2n) is 3.35. The Morgan fingerprint density at radius 2 is 1.75 bits per heavy atom. The molecule has 0 fully saturated rings. The zero-order valence-corrected chi connectivity index (χ0v) is 9.99. The summed E-state index contributed by atoms with van der Waals surface area (Å²) in [5.74, 6) is 1.12. The van der Waals surface area contributed by atoms with Gasteiger partial charge in [0, 0.05) is 12.7 Å². The summed E-state index contributed by atoms with van der Waals surface area (Å²) < 4.78 is 15.4. The van der Waals surface area contributed by atoms with Crippen LogP contribution in [0.1, 0.15) is 22.8 Å². The average molecular weight is 224 g/mol. The molecular formula is C12H16O4. The SMILES string of the molecule is COCc1cc(OC)c(C(C)=O)cc1OC. The van der Waals surface area contributed by atoms with E-state index < -0.39 is 0 Å². The van der Waals surface area contributed by atoms with Crippen molar-refractivity contribution in [1.82, 2.24) is 0 Å². The highest BCUT2D eigenvalue weighted by Crippen LogP contribution is 2.29. The third-order valence-electron chi connectivity index (χ3n) is 2.28. The molecule has 0 aromatic heterocycles. The van der Waals surface area contributed by atoms with Gasteiger partial charge in [-0.3, -0.25) is 4.79 Å². The number of hydrogen-bond donors (Lipinski definition) is 0. The van der Waals surface area contributed by atoms with E-state index in [-0.39, 0.29) is 5.78 Å². The number of ketones is 1. The molecule has 1 rings (SSSR count). The van der Waals surface area contributed by atoms with Crippen LogP contribution < -0.4 is 9.47 Å². The Kier molecular flexibility index (Phi) is 4.31. The van der Waals surface area contributed by atoms with Crippen LogP contribution in [0.2, 0.25) is 0 Å². The maximum Gasteiger partial charge on any atom is 0.163 e. The lowest BCUT2D eigenvalue weighted by Crippen LogP contribution is -2.02. The lowest BCUT2D eigenvalue weighted by Gasteiger charge is -2.12. The molecular weight excluding hydrogens is 208 g/mol. The van der Waals surface area contributed by atoms with Crippen LogP contribution in [0.5, 0.6) is 11.5 Å². The molecule has 0 aliphatic rings. The maximum absolute atomic E-state index is 11.4. The number of rotatable bonds is 5. The molecule has 4 heteroatoms. The second kappa shape index (κ2) is 5.51. The first-order valence-corrected chi connectivity index (χ1v) is 4.88. The third kappa shape index (κ3) is 2.52. The highest BCUT2D eigenvalue weighted by atomic mass is 16.5. The molecule has 0 amide bonds. The van der Waals surface area contributed by atoms with Crippen LogP contribution in [0.25, 0.3) is 0 Å². The first kappa shape index (κ1) is 12.5. The Bertz CT molecular complexity index is 385. The van der Waals surface area contributed by atoms with Gasteiger partial charge in [0.1, 0.15) is 11.5 Å². The van der Waals surface area contributed by atoms with Crippen molar-refractivity contribution in [1.29, 1.82) is 0 Å². The van der Waals surface area contributed by atoms with Crippen LogP contribution in [-0.4, -0.2) is 27.1 Å².